The van der Waals surface area contributed by atoms with Gasteiger partial charge in [0.1, 0.15) is 27.6 Å². The van der Waals surface area contributed by atoms with Crippen molar-refractivity contribution in [2.24, 2.45) is 0 Å². The molecule has 3 aromatic rings. The van der Waals surface area contributed by atoms with Crippen LogP contribution in [0.1, 0.15) is 23.1 Å². The molecule has 1 N–H and O–H groups in total. The van der Waals surface area contributed by atoms with Crippen LogP contribution >= 0.6 is 11.3 Å². The highest BCUT2D eigenvalue weighted by atomic mass is 32.1. The number of nitrogens with one attached hydrogen (secondary N) is 1. The number of aryl methyl sites for hydroxylation is 1. The first-order chi connectivity index (χ1) is 13.0. The van der Waals surface area contributed by atoms with Gasteiger partial charge in [-0.15, -0.1) is 0 Å². The van der Waals surface area contributed by atoms with Gasteiger partial charge in [0.2, 0.25) is 5.91 Å². The van der Waals surface area contributed by atoms with Crippen molar-refractivity contribution in [3.63, 3.8) is 0 Å². The molecule has 0 aliphatic heterocycles. The highest BCUT2D eigenvalue weighted by Gasteiger charge is 2.17. The average molecular weight is 377 g/mol. The largest absolute Gasteiger partial charge is 0.316 e. The summed E-state index contributed by atoms with van der Waals surface area (Å²) in [7, 11) is 0. The maximum Gasteiger partial charge on any atom is 0.221 e. The molecule has 0 bridgehead atoms. The number of amides is 1. The molecule has 0 spiro atoms. The normalized spacial score (nSPS) is 11.1. The van der Waals surface area contributed by atoms with Crippen LogP contribution in [0.3, 0.4) is 0 Å². The van der Waals surface area contributed by atoms with Gasteiger partial charge in [-0.3, -0.25) is 4.79 Å². The summed E-state index contributed by atoms with van der Waals surface area (Å²) in [5.74, 6) is -0.547. The zero-order valence-corrected chi connectivity index (χ0v) is 15.6. The Labute approximate surface area is 160 Å². The van der Waals surface area contributed by atoms with E-state index in [2.05, 4.69) is 16.4 Å². The minimum Gasteiger partial charge on any atom is -0.316 e. The number of nitrogens with zero attached hydrogens (tertiary/aromatic N) is 2. The summed E-state index contributed by atoms with van der Waals surface area (Å²) in [4.78, 5) is 16.2. The van der Waals surface area contributed by atoms with E-state index in [1.165, 1.54) is 30.4 Å². The lowest BCUT2D eigenvalue weighted by molar-refractivity contribution is -0.114. The van der Waals surface area contributed by atoms with Crippen LogP contribution in [0.4, 0.5) is 9.39 Å². The molecule has 0 saturated heterocycles. The minimum absolute atomic E-state index is 0.209. The van der Waals surface area contributed by atoms with E-state index in [1.54, 1.807) is 18.2 Å². The highest BCUT2D eigenvalue weighted by molar-refractivity contribution is 7.17. The number of carbonyl (C=O) groups is 1. The SMILES string of the molecule is CC(=O)Nc1sc(C(C#N)=Cc2ccc(F)cc2)nc1-c1ccc(C)cc1. The van der Waals surface area contributed by atoms with Crippen LogP contribution in [-0.2, 0) is 4.79 Å². The Balaban J connectivity index is 2.06. The fraction of sp³-hybridized carbons (Fsp3) is 0.0952. The third kappa shape index (κ3) is 4.46. The predicted molar refractivity (Wildman–Crippen MR) is 106 cm³/mol. The molecule has 1 heterocycles. The molecule has 0 unspecified atom stereocenters. The van der Waals surface area contributed by atoms with Gasteiger partial charge in [0.25, 0.3) is 0 Å². The Morgan fingerprint density at radius 2 is 1.85 bits per heavy atom. The Bertz CT molecular complexity index is 1040. The van der Waals surface area contributed by atoms with Crippen molar-refractivity contribution in [2.45, 2.75) is 13.8 Å². The number of benzene rings is 2. The summed E-state index contributed by atoms with van der Waals surface area (Å²) in [6.07, 6.45) is 1.65. The van der Waals surface area contributed by atoms with Crippen LogP contribution in [0.15, 0.2) is 48.5 Å². The van der Waals surface area contributed by atoms with E-state index >= 15 is 0 Å². The third-order valence-electron chi connectivity index (χ3n) is 3.77. The number of nitriles is 1. The van der Waals surface area contributed by atoms with Crippen LogP contribution < -0.4 is 5.32 Å². The second-order valence-electron chi connectivity index (χ2n) is 5.97. The topological polar surface area (TPSA) is 65.8 Å². The van der Waals surface area contributed by atoms with Crippen molar-refractivity contribution in [3.05, 3.63) is 70.5 Å². The molecule has 1 aromatic heterocycles. The molecule has 2 aromatic carbocycles. The molecule has 0 radical (unpaired) electrons. The standard InChI is InChI=1S/C21H16FN3OS/c1-13-3-7-16(8-4-13)19-21(24-14(2)26)27-20(25-19)17(12-23)11-15-5-9-18(22)10-6-15/h3-11H,1-2H3,(H,24,26). The van der Waals surface area contributed by atoms with Gasteiger partial charge in [-0.2, -0.15) is 5.26 Å². The molecule has 0 aliphatic carbocycles. The molecule has 0 aliphatic rings. The summed E-state index contributed by atoms with van der Waals surface area (Å²) in [5, 5.41) is 13.4. The van der Waals surface area contributed by atoms with Crippen molar-refractivity contribution in [1.29, 1.82) is 5.26 Å². The summed E-state index contributed by atoms with van der Waals surface area (Å²) < 4.78 is 13.1. The molecule has 6 heteroatoms. The number of aromatic nitrogens is 1. The van der Waals surface area contributed by atoms with Crippen molar-refractivity contribution >= 4 is 33.9 Å². The fourth-order valence-electron chi connectivity index (χ4n) is 2.45. The van der Waals surface area contributed by atoms with Crippen molar-refractivity contribution < 1.29 is 9.18 Å². The van der Waals surface area contributed by atoms with Crippen LogP contribution in [0, 0.1) is 24.1 Å². The van der Waals surface area contributed by atoms with Gasteiger partial charge in [-0.25, -0.2) is 9.37 Å². The average Bonchev–Trinajstić information content (AvgIpc) is 3.04. The molecule has 134 valence electrons. The third-order valence-corrected chi connectivity index (χ3v) is 4.78. The molecular formula is C21H16FN3OS. The van der Waals surface area contributed by atoms with E-state index in [0.29, 0.717) is 26.8 Å². The monoisotopic (exact) mass is 377 g/mol. The number of hydrogen-bond donors (Lipinski definition) is 1. The lowest BCUT2D eigenvalue weighted by Gasteiger charge is -2.03. The van der Waals surface area contributed by atoms with E-state index < -0.39 is 0 Å². The van der Waals surface area contributed by atoms with Gasteiger partial charge >= 0.3 is 0 Å². The number of halogens is 1. The maximum absolute atomic E-state index is 13.1. The van der Waals surface area contributed by atoms with Crippen molar-refractivity contribution in [2.75, 3.05) is 5.32 Å². The minimum atomic E-state index is -0.338. The summed E-state index contributed by atoms with van der Waals surface area (Å²) in [5.41, 5.74) is 3.62. The zero-order valence-electron chi connectivity index (χ0n) is 14.8. The van der Waals surface area contributed by atoms with E-state index in [1.807, 2.05) is 31.2 Å². The number of anilines is 1. The Hall–Kier alpha value is -3.30. The quantitative estimate of drug-likeness (QED) is 0.629. The molecule has 4 nitrogen and oxygen atoms in total. The Morgan fingerprint density at radius 3 is 2.44 bits per heavy atom. The van der Waals surface area contributed by atoms with Gasteiger partial charge in [0, 0.05) is 12.5 Å². The first kappa shape index (κ1) is 18.5. The van der Waals surface area contributed by atoms with Gasteiger partial charge in [0.15, 0.2) is 0 Å². The lowest BCUT2D eigenvalue weighted by atomic mass is 10.1. The van der Waals surface area contributed by atoms with Gasteiger partial charge < -0.3 is 5.32 Å². The van der Waals surface area contributed by atoms with Crippen LogP contribution in [-0.4, -0.2) is 10.9 Å². The van der Waals surface area contributed by atoms with Gasteiger partial charge in [-0.1, -0.05) is 53.3 Å². The fourth-order valence-corrected chi connectivity index (χ4v) is 3.45. The summed E-state index contributed by atoms with van der Waals surface area (Å²) in [6.45, 7) is 3.42. The second-order valence-corrected chi connectivity index (χ2v) is 6.96. The number of thiazole rings is 1. The lowest BCUT2D eigenvalue weighted by Crippen LogP contribution is -2.05. The highest BCUT2D eigenvalue weighted by Crippen LogP contribution is 2.36. The number of hydrogen-bond acceptors (Lipinski definition) is 4. The summed E-state index contributed by atoms with van der Waals surface area (Å²) >= 11 is 1.23. The van der Waals surface area contributed by atoms with Crippen molar-refractivity contribution in [3.8, 4) is 17.3 Å². The van der Waals surface area contributed by atoms with Gasteiger partial charge in [0.05, 0.1) is 5.57 Å². The first-order valence-corrected chi connectivity index (χ1v) is 9.01. The first-order valence-electron chi connectivity index (χ1n) is 8.19. The molecule has 1 amide bonds. The van der Waals surface area contributed by atoms with Gasteiger partial charge in [-0.05, 0) is 30.7 Å². The van der Waals surface area contributed by atoms with Crippen LogP contribution in [0.2, 0.25) is 0 Å². The summed E-state index contributed by atoms with van der Waals surface area (Å²) in [6, 6.07) is 15.8. The smallest absolute Gasteiger partial charge is 0.221 e. The number of allylic oxidation sites excluding steroid dienone is 1. The van der Waals surface area contributed by atoms with Crippen molar-refractivity contribution in [1.82, 2.24) is 4.98 Å². The van der Waals surface area contributed by atoms with E-state index in [9.17, 15) is 14.4 Å². The zero-order chi connectivity index (χ0) is 19.4. The number of rotatable bonds is 4. The van der Waals surface area contributed by atoms with E-state index in [-0.39, 0.29) is 11.7 Å². The molecule has 0 saturated carbocycles. The molecule has 0 atom stereocenters. The van der Waals surface area contributed by atoms with Crippen LogP contribution in [0.5, 0.6) is 0 Å². The Morgan fingerprint density at radius 1 is 1.19 bits per heavy atom. The predicted octanol–water partition coefficient (Wildman–Crippen LogP) is 5.28. The van der Waals surface area contributed by atoms with E-state index in [0.717, 1.165) is 11.1 Å². The Kier molecular flexibility index (Phi) is 5.43. The van der Waals surface area contributed by atoms with E-state index in [4.69, 9.17) is 0 Å². The maximum atomic E-state index is 13.1. The molecular weight excluding hydrogens is 361 g/mol. The molecule has 0 fully saturated rings. The number of carbonyl (C=O) groups excluding carboxylic acids is 1. The van der Waals surface area contributed by atoms with Crippen LogP contribution in [0.25, 0.3) is 22.9 Å². The second kappa shape index (κ2) is 7.94. The molecule has 3 rings (SSSR count). The molecule has 27 heavy (non-hydrogen) atoms.